The Balaban J connectivity index is 2.48. The predicted octanol–water partition coefficient (Wildman–Crippen LogP) is 3.21. The van der Waals surface area contributed by atoms with Crippen molar-refractivity contribution in [2.75, 3.05) is 13.2 Å². The molecule has 1 aromatic rings. The Hall–Kier alpha value is -0.590. The van der Waals surface area contributed by atoms with Gasteiger partial charge in [-0.05, 0) is 6.92 Å². The molecular weight excluding hydrogens is 280 g/mol. The van der Waals surface area contributed by atoms with E-state index in [0.717, 1.165) is 0 Å². The molecule has 0 bridgehead atoms. The van der Waals surface area contributed by atoms with E-state index in [1.165, 1.54) is 0 Å². The van der Waals surface area contributed by atoms with E-state index in [1.54, 1.807) is 6.92 Å². The summed E-state index contributed by atoms with van der Waals surface area (Å²) in [6.45, 7) is 0.212. The number of rotatable bonds is 4. The molecule has 3 nitrogen and oxygen atoms in total. The summed E-state index contributed by atoms with van der Waals surface area (Å²) in [4.78, 5) is 7.75. The summed E-state index contributed by atoms with van der Waals surface area (Å²) < 4.78 is 39.7. The first kappa shape index (κ1) is 14.5. The number of halogens is 5. The maximum atomic E-state index is 11.8. The molecule has 0 spiro atoms. The van der Waals surface area contributed by atoms with Gasteiger partial charge in [-0.25, -0.2) is 9.97 Å². The van der Waals surface area contributed by atoms with Gasteiger partial charge in [-0.2, -0.15) is 13.2 Å². The average Bonchev–Trinajstić information content (AvgIpc) is 2.19. The number of hydrogen-bond donors (Lipinski definition) is 0. The maximum absolute atomic E-state index is 11.8. The standard InChI is InChI=1S/C9H9Cl2F3N2O/c1-5-7(10)15-6(16-8(5)11)2-3-17-4-9(12,13)14/h2-4H2,1H3. The molecule has 0 amide bonds. The van der Waals surface area contributed by atoms with E-state index < -0.39 is 12.8 Å². The molecule has 0 N–H and O–H groups in total. The van der Waals surface area contributed by atoms with Gasteiger partial charge in [0, 0.05) is 12.0 Å². The lowest BCUT2D eigenvalue weighted by Crippen LogP contribution is -2.18. The number of nitrogens with zero attached hydrogens (tertiary/aromatic N) is 2. The third-order valence-electron chi connectivity index (χ3n) is 1.81. The summed E-state index contributed by atoms with van der Waals surface area (Å²) in [5.74, 6) is 0.257. The van der Waals surface area contributed by atoms with E-state index in [9.17, 15) is 13.2 Å². The number of alkyl halides is 3. The molecule has 1 aromatic heterocycles. The van der Waals surface area contributed by atoms with Crippen LogP contribution in [0, 0.1) is 6.92 Å². The molecule has 0 saturated carbocycles. The van der Waals surface area contributed by atoms with Crippen molar-refractivity contribution in [1.82, 2.24) is 9.97 Å². The van der Waals surface area contributed by atoms with Crippen LogP contribution < -0.4 is 0 Å². The highest BCUT2D eigenvalue weighted by Crippen LogP contribution is 2.20. The summed E-state index contributed by atoms with van der Waals surface area (Å²) in [5.41, 5.74) is 0.535. The minimum atomic E-state index is -4.33. The normalized spacial score (nSPS) is 11.9. The fourth-order valence-corrected chi connectivity index (χ4v) is 1.39. The van der Waals surface area contributed by atoms with E-state index in [0.29, 0.717) is 5.56 Å². The minimum Gasteiger partial charge on any atom is -0.372 e. The molecule has 0 radical (unpaired) electrons. The van der Waals surface area contributed by atoms with E-state index in [4.69, 9.17) is 23.2 Å². The zero-order chi connectivity index (χ0) is 13.1. The Bertz CT molecular complexity index is 375. The molecule has 96 valence electrons. The first-order valence-corrected chi connectivity index (χ1v) is 5.38. The molecule has 0 aliphatic rings. The fourth-order valence-electron chi connectivity index (χ4n) is 0.968. The van der Waals surface area contributed by atoms with Crippen molar-refractivity contribution in [3.8, 4) is 0 Å². The highest BCUT2D eigenvalue weighted by atomic mass is 35.5. The summed E-state index contributed by atoms with van der Waals surface area (Å²) >= 11 is 11.5. The minimum absolute atomic E-state index is 0.121. The average molecular weight is 289 g/mol. The summed E-state index contributed by atoms with van der Waals surface area (Å²) in [6, 6.07) is 0. The second-order valence-corrected chi connectivity index (χ2v) is 3.98. The van der Waals surface area contributed by atoms with Crippen molar-refractivity contribution in [2.24, 2.45) is 0 Å². The number of ether oxygens (including phenoxy) is 1. The molecule has 0 unspecified atom stereocenters. The predicted molar refractivity (Wildman–Crippen MR) is 57.4 cm³/mol. The van der Waals surface area contributed by atoms with Crippen LogP contribution in [0.1, 0.15) is 11.4 Å². The molecule has 1 heterocycles. The van der Waals surface area contributed by atoms with Crippen LogP contribution in [0.2, 0.25) is 10.3 Å². The first-order chi connectivity index (χ1) is 7.79. The van der Waals surface area contributed by atoms with Gasteiger partial charge in [0.15, 0.2) is 0 Å². The lowest BCUT2D eigenvalue weighted by Gasteiger charge is -2.07. The molecular formula is C9H9Cl2F3N2O. The third-order valence-corrected chi connectivity index (χ3v) is 2.55. The smallest absolute Gasteiger partial charge is 0.372 e. The van der Waals surface area contributed by atoms with Crippen LogP contribution in [-0.2, 0) is 11.2 Å². The largest absolute Gasteiger partial charge is 0.411 e. The van der Waals surface area contributed by atoms with Gasteiger partial charge >= 0.3 is 6.18 Å². The monoisotopic (exact) mass is 288 g/mol. The number of hydrogen-bond acceptors (Lipinski definition) is 3. The van der Waals surface area contributed by atoms with Gasteiger partial charge in [0.2, 0.25) is 0 Å². The SMILES string of the molecule is Cc1c(Cl)nc(CCOCC(F)(F)F)nc1Cl. The van der Waals surface area contributed by atoms with Crippen molar-refractivity contribution in [1.29, 1.82) is 0 Å². The topological polar surface area (TPSA) is 35.0 Å². The van der Waals surface area contributed by atoms with Gasteiger partial charge < -0.3 is 4.74 Å². The van der Waals surface area contributed by atoms with Crippen molar-refractivity contribution in [3.63, 3.8) is 0 Å². The van der Waals surface area contributed by atoms with Gasteiger partial charge in [0.05, 0.1) is 6.61 Å². The number of aromatic nitrogens is 2. The van der Waals surface area contributed by atoms with Crippen LogP contribution in [-0.4, -0.2) is 29.4 Å². The summed E-state index contributed by atoms with van der Waals surface area (Å²) in [6.07, 6.45) is -4.21. The maximum Gasteiger partial charge on any atom is 0.411 e. The van der Waals surface area contributed by atoms with Crippen LogP contribution >= 0.6 is 23.2 Å². The Morgan fingerprint density at radius 3 is 2.18 bits per heavy atom. The van der Waals surface area contributed by atoms with Crippen molar-refractivity contribution in [2.45, 2.75) is 19.5 Å². The van der Waals surface area contributed by atoms with E-state index in [1.807, 2.05) is 0 Å². The highest BCUT2D eigenvalue weighted by Gasteiger charge is 2.27. The van der Waals surface area contributed by atoms with Crippen LogP contribution in [0.3, 0.4) is 0 Å². The molecule has 0 atom stereocenters. The quantitative estimate of drug-likeness (QED) is 0.630. The Labute approximate surface area is 106 Å². The van der Waals surface area contributed by atoms with Gasteiger partial charge in [-0.1, -0.05) is 23.2 Å². The molecule has 0 aliphatic carbocycles. The Morgan fingerprint density at radius 2 is 1.71 bits per heavy atom. The van der Waals surface area contributed by atoms with Crippen LogP contribution in [0.5, 0.6) is 0 Å². The van der Waals surface area contributed by atoms with Crippen molar-refractivity contribution >= 4 is 23.2 Å². The van der Waals surface area contributed by atoms with Crippen molar-refractivity contribution < 1.29 is 17.9 Å². The van der Waals surface area contributed by atoms with E-state index >= 15 is 0 Å². The molecule has 0 fully saturated rings. The lowest BCUT2D eigenvalue weighted by atomic mass is 10.3. The highest BCUT2D eigenvalue weighted by molar-refractivity contribution is 6.34. The fraction of sp³-hybridized carbons (Fsp3) is 0.556. The van der Waals surface area contributed by atoms with Crippen molar-refractivity contribution in [3.05, 3.63) is 21.7 Å². The van der Waals surface area contributed by atoms with Crippen LogP contribution in [0.4, 0.5) is 13.2 Å². The van der Waals surface area contributed by atoms with Crippen LogP contribution in [0.15, 0.2) is 0 Å². The van der Waals surface area contributed by atoms with Gasteiger partial charge in [-0.15, -0.1) is 0 Å². The zero-order valence-corrected chi connectivity index (χ0v) is 10.3. The second kappa shape index (κ2) is 5.84. The summed E-state index contributed by atoms with van der Waals surface area (Å²) in [5, 5.41) is 0.381. The first-order valence-electron chi connectivity index (χ1n) is 4.62. The third kappa shape index (κ3) is 5.06. The van der Waals surface area contributed by atoms with Gasteiger partial charge in [-0.3, -0.25) is 0 Å². The lowest BCUT2D eigenvalue weighted by molar-refractivity contribution is -0.173. The second-order valence-electron chi connectivity index (χ2n) is 3.26. The Morgan fingerprint density at radius 1 is 1.18 bits per heavy atom. The van der Waals surface area contributed by atoms with Crippen LogP contribution in [0.25, 0.3) is 0 Å². The Kier molecular flexibility index (Phi) is 4.97. The van der Waals surface area contributed by atoms with Gasteiger partial charge in [0.25, 0.3) is 0 Å². The molecule has 1 rings (SSSR count). The zero-order valence-electron chi connectivity index (χ0n) is 8.81. The molecule has 0 saturated heterocycles. The van der Waals surface area contributed by atoms with E-state index in [2.05, 4.69) is 14.7 Å². The molecule has 0 aromatic carbocycles. The van der Waals surface area contributed by atoms with Gasteiger partial charge in [0.1, 0.15) is 22.7 Å². The van der Waals surface area contributed by atoms with E-state index in [-0.39, 0.29) is 29.2 Å². The molecule has 0 aliphatic heterocycles. The summed E-state index contributed by atoms with van der Waals surface area (Å²) in [7, 11) is 0. The molecule has 8 heteroatoms. The molecule has 17 heavy (non-hydrogen) atoms.